The zero-order chi connectivity index (χ0) is 13.6. The molecular weight excluding hydrogens is 322 g/mol. The lowest BCUT2D eigenvalue weighted by atomic mass is 10.2. The molecule has 0 saturated heterocycles. The van der Waals surface area contributed by atoms with E-state index >= 15 is 0 Å². The van der Waals surface area contributed by atoms with Crippen LogP contribution in [-0.2, 0) is 10.1 Å². The van der Waals surface area contributed by atoms with Crippen molar-refractivity contribution < 1.29 is 17.8 Å². The maximum atomic E-state index is 11.8. The Morgan fingerprint density at radius 3 is 2.56 bits per heavy atom. The largest absolute Gasteiger partial charge is 0.352 e. The molecule has 2 N–H and O–H groups in total. The Kier molecular flexibility index (Phi) is 5.77. The molecule has 1 rings (SSSR count). The van der Waals surface area contributed by atoms with Crippen LogP contribution in [0.3, 0.4) is 0 Å². The van der Waals surface area contributed by atoms with Crippen molar-refractivity contribution in [2.24, 2.45) is 0 Å². The normalized spacial score (nSPS) is 11.2. The monoisotopic (exact) mass is 335 g/mol. The second-order valence-corrected chi connectivity index (χ2v) is 5.81. The van der Waals surface area contributed by atoms with Crippen molar-refractivity contribution in [2.75, 3.05) is 11.9 Å². The van der Waals surface area contributed by atoms with E-state index in [-0.39, 0.29) is 10.5 Å². The van der Waals surface area contributed by atoms with Crippen LogP contribution in [0.15, 0.2) is 29.2 Å². The number of nitrogens with one attached hydrogen (secondary N) is 1. The molecule has 0 aliphatic carbocycles. The molecule has 1 aromatic carbocycles. The van der Waals surface area contributed by atoms with Gasteiger partial charge >= 0.3 is 0 Å². The van der Waals surface area contributed by atoms with Gasteiger partial charge in [-0.15, -0.1) is 0 Å². The summed E-state index contributed by atoms with van der Waals surface area (Å²) in [6.45, 7) is 0.463. The smallest absolute Gasteiger partial charge is 0.295 e. The van der Waals surface area contributed by atoms with Gasteiger partial charge in [0.2, 0.25) is 0 Å². The Morgan fingerprint density at radius 1 is 1.28 bits per heavy atom. The highest BCUT2D eigenvalue weighted by molar-refractivity contribution is 9.09. The number of halogens is 1. The third-order valence-corrected chi connectivity index (χ3v) is 3.73. The molecule has 0 radical (unpaired) electrons. The number of unbranched alkanes of at least 4 members (excludes halogenated alkanes) is 1. The molecule has 0 unspecified atom stereocenters. The summed E-state index contributed by atoms with van der Waals surface area (Å²) in [5.74, 6) is -0.502. The molecule has 1 aromatic rings. The number of carbonyl (C=O) groups is 1. The lowest BCUT2D eigenvalue weighted by Gasteiger charge is -2.07. The number of benzene rings is 1. The molecule has 100 valence electrons. The Labute approximate surface area is 114 Å². The molecular formula is C11H14BrNO4S. The molecule has 1 amide bonds. The molecule has 0 aliphatic rings. The molecule has 0 saturated carbocycles. The summed E-state index contributed by atoms with van der Waals surface area (Å²) in [7, 11) is -4.38. The highest BCUT2D eigenvalue weighted by Gasteiger charge is 2.19. The minimum Gasteiger partial charge on any atom is -0.352 e. The topological polar surface area (TPSA) is 83.5 Å². The van der Waals surface area contributed by atoms with E-state index in [1.54, 1.807) is 6.07 Å². The van der Waals surface area contributed by atoms with Gasteiger partial charge < -0.3 is 5.32 Å². The van der Waals surface area contributed by atoms with E-state index in [2.05, 4.69) is 21.2 Å². The third kappa shape index (κ3) is 4.40. The summed E-state index contributed by atoms with van der Waals surface area (Å²) < 4.78 is 31.2. The summed E-state index contributed by atoms with van der Waals surface area (Å²) in [4.78, 5) is 11.4. The Balaban J connectivity index is 2.80. The first kappa shape index (κ1) is 15.1. The second kappa shape index (κ2) is 6.86. The van der Waals surface area contributed by atoms with Gasteiger partial charge in [0.1, 0.15) is 4.90 Å². The minimum atomic E-state index is -4.38. The number of hydrogen-bond acceptors (Lipinski definition) is 3. The quantitative estimate of drug-likeness (QED) is 0.472. The first-order valence-electron chi connectivity index (χ1n) is 5.37. The van der Waals surface area contributed by atoms with Crippen molar-refractivity contribution in [3.8, 4) is 0 Å². The molecule has 0 bridgehead atoms. The van der Waals surface area contributed by atoms with Crippen molar-refractivity contribution in [1.82, 2.24) is 5.32 Å². The third-order valence-electron chi connectivity index (χ3n) is 2.26. The van der Waals surface area contributed by atoms with Crippen LogP contribution < -0.4 is 5.32 Å². The Bertz CT molecular complexity index is 516. The summed E-state index contributed by atoms with van der Waals surface area (Å²) in [5.41, 5.74) is -0.0427. The van der Waals surface area contributed by atoms with Crippen LogP contribution in [0, 0.1) is 0 Å². The van der Waals surface area contributed by atoms with E-state index in [1.807, 2.05) is 0 Å². The van der Waals surface area contributed by atoms with Crippen LogP contribution in [-0.4, -0.2) is 30.8 Å². The van der Waals surface area contributed by atoms with E-state index in [0.29, 0.717) is 6.54 Å². The molecule has 5 nitrogen and oxygen atoms in total. The van der Waals surface area contributed by atoms with Crippen LogP contribution in [0.25, 0.3) is 0 Å². The number of carbonyl (C=O) groups excluding carboxylic acids is 1. The van der Waals surface area contributed by atoms with Crippen molar-refractivity contribution in [3.63, 3.8) is 0 Å². The highest BCUT2D eigenvalue weighted by Crippen LogP contribution is 2.14. The van der Waals surface area contributed by atoms with Gasteiger partial charge in [0.05, 0.1) is 5.56 Å². The van der Waals surface area contributed by atoms with Crippen molar-refractivity contribution in [2.45, 2.75) is 17.7 Å². The van der Waals surface area contributed by atoms with Gasteiger partial charge in [-0.05, 0) is 25.0 Å². The lowest BCUT2D eigenvalue weighted by Crippen LogP contribution is -2.26. The fourth-order valence-corrected chi connectivity index (χ4v) is 2.48. The van der Waals surface area contributed by atoms with Gasteiger partial charge in [-0.1, -0.05) is 28.1 Å². The molecule has 18 heavy (non-hydrogen) atoms. The molecule has 7 heteroatoms. The predicted octanol–water partition coefficient (Wildman–Crippen LogP) is 1.84. The van der Waals surface area contributed by atoms with Crippen LogP contribution in [0.4, 0.5) is 0 Å². The summed E-state index contributed by atoms with van der Waals surface area (Å²) in [6, 6.07) is 5.55. The van der Waals surface area contributed by atoms with E-state index < -0.39 is 16.0 Å². The Morgan fingerprint density at radius 2 is 1.94 bits per heavy atom. The van der Waals surface area contributed by atoms with Gasteiger partial charge in [0, 0.05) is 11.9 Å². The van der Waals surface area contributed by atoms with Gasteiger partial charge in [-0.3, -0.25) is 9.35 Å². The molecule has 0 atom stereocenters. The maximum absolute atomic E-state index is 11.8. The second-order valence-electron chi connectivity index (χ2n) is 3.62. The van der Waals surface area contributed by atoms with Gasteiger partial charge in [0.15, 0.2) is 0 Å². The summed E-state index contributed by atoms with van der Waals surface area (Å²) in [5, 5.41) is 3.46. The van der Waals surface area contributed by atoms with Gasteiger partial charge in [-0.25, -0.2) is 0 Å². The molecule has 0 aliphatic heterocycles. The van der Waals surface area contributed by atoms with Crippen molar-refractivity contribution >= 4 is 32.0 Å². The molecule has 0 spiro atoms. The maximum Gasteiger partial charge on any atom is 0.295 e. The average molecular weight is 336 g/mol. The van der Waals surface area contributed by atoms with Gasteiger partial charge in [0.25, 0.3) is 16.0 Å². The zero-order valence-electron chi connectivity index (χ0n) is 9.60. The van der Waals surface area contributed by atoms with Gasteiger partial charge in [-0.2, -0.15) is 8.42 Å². The summed E-state index contributed by atoms with van der Waals surface area (Å²) in [6.07, 6.45) is 1.71. The minimum absolute atomic E-state index is 0.0427. The first-order chi connectivity index (χ1) is 8.46. The molecule has 0 fully saturated rings. The van der Waals surface area contributed by atoms with E-state index in [1.165, 1.54) is 18.2 Å². The number of hydrogen-bond donors (Lipinski definition) is 2. The zero-order valence-corrected chi connectivity index (χ0v) is 12.0. The van der Waals surface area contributed by atoms with Crippen LogP contribution in [0.5, 0.6) is 0 Å². The first-order valence-corrected chi connectivity index (χ1v) is 7.93. The summed E-state index contributed by atoms with van der Waals surface area (Å²) >= 11 is 3.27. The van der Waals surface area contributed by atoms with E-state index in [9.17, 15) is 13.2 Å². The van der Waals surface area contributed by atoms with E-state index in [4.69, 9.17) is 4.55 Å². The predicted molar refractivity (Wildman–Crippen MR) is 71.6 cm³/mol. The lowest BCUT2D eigenvalue weighted by molar-refractivity contribution is 0.0949. The fraction of sp³-hybridized carbons (Fsp3) is 0.364. The highest BCUT2D eigenvalue weighted by atomic mass is 79.9. The number of amides is 1. The van der Waals surface area contributed by atoms with Crippen molar-refractivity contribution in [3.05, 3.63) is 29.8 Å². The molecule has 0 heterocycles. The average Bonchev–Trinajstić information content (AvgIpc) is 2.33. The van der Waals surface area contributed by atoms with Crippen LogP contribution >= 0.6 is 15.9 Å². The Hall–Kier alpha value is -0.920. The van der Waals surface area contributed by atoms with Crippen molar-refractivity contribution in [1.29, 1.82) is 0 Å². The number of alkyl halides is 1. The van der Waals surface area contributed by atoms with E-state index in [0.717, 1.165) is 18.2 Å². The van der Waals surface area contributed by atoms with Crippen LogP contribution in [0.2, 0.25) is 0 Å². The van der Waals surface area contributed by atoms with Crippen LogP contribution in [0.1, 0.15) is 23.2 Å². The fourth-order valence-electron chi connectivity index (χ4n) is 1.40. The SMILES string of the molecule is O=C(NCCCCBr)c1ccccc1S(=O)(=O)O. The standard InChI is InChI=1S/C11H14BrNO4S/c12-7-3-4-8-13-11(14)9-5-1-2-6-10(9)18(15,16)17/h1-2,5-6H,3-4,7-8H2,(H,13,14)(H,15,16,17). The number of rotatable bonds is 6. The molecule has 0 aromatic heterocycles.